The lowest BCUT2D eigenvalue weighted by Crippen LogP contribution is -2.40. The third-order valence-corrected chi connectivity index (χ3v) is 6.52. The van der Waals surface area contributed by atoms with Crippen LogP contribution in [0.2, 0.25) is 0 Å². The smallest absolute Gasteiger partial charge is 0.233 e. The van der Waals surface area contributed by atoms with Crippen molar-refractivity contribution in [3.63, 3.8) is 0 Å². The van der Waals surface area contributed by atoms with Crippen LogP contribution < -0.4 is 0 Å². The number of carbonyl (C=O) groups is 1. The van der Waals surface area contributed by atoms with E-state index >= 15 is 0 Å². The number of amides is 1. The first-order valence-corrected chi connectivity index (χ1v) is 11.5. The molecule has 6 nitrogen and oxygen atoms in total. The molecule has 0 aliphatic carbocycles. The van der Waals surface area contributed by atoms with E-state index < -0.39 is 0 Å². The van der Waals surface area contributed by atoms with Crippen LogP contribution in [-0.2, 0) is 11.3 Å². The zero-order valence-corrected chi connectivity index (χ0v) is 18.9. The Bertz CT molecular complexity index is 792. The van der Waals surface area contributed by atoms with Crippen molar-refractivity contribution in [3.8, 4) is 0 Å². The fourth-order valence-electron chi connectivity index (χ4n) is 3.98. The number of hydrogen-bond acceptors (Lipinski definition) is 5. The number of benzene rings is 1. The summed E-state index contributed by atoms with van der Waals surface area (Å²) in [4.78, 5) is 16.9. The van der Waals surface area contributed by atoms with Crippen LogP contribution in [0.5, 0.6) is 0 Å². The van der Waals surface area contributed by atoms with Crippen LogP contribution >= 0.6 is 11.8 Å². The Morgan fingerprint density at radius 2 is 2.03 bits per heavy atom. The summed E-state index contributed by atoms with van der Waals surface area (Å²) in [6, 6.07) is 10.6. The van der Waals surface area contributed by atoms with Gasteiger partial charge in [0.25, 0.3) is 0 Å². The summed E-state index contributed by atoms with van der Waals surface area (Å²) in [6.45, 7) is 6.86. The summed E-state index contributed by atoms with van der Waals surface area (Å²) < 4.78 is 2.18. The Kier molecular flexibility index (Phi) is 7.72. The second-order valence-electron chi connectivity index (χ2n) is 8.18. The number of thioether (sulfide) groups is 1. The summed E-state index contributed by atoms with van der Waals surface area (Å²) in [5.74, 6) is 2.18. The van der Waals surface area contributed by atoms with Gasteiger partial charge in [-0.3, -0.25) is 9.69 Å². The minimum Gasteiger partial charge on any atom is -0.342 e. The molecule has 0 bridgehead atoms. The monoisotopic (exact) mass is 415 g/mol. The molecule has 1 aliphatic heterocycles. The van der Waals surface area contributed by atoms with Gasteiger partial charge in [0.05, 0.1) is 18.3 Å². The molecular formula is C22H33N5OS. The van der Waals surface area contributed by atoms with Crippen LogP contribution in [0.3, 0.4) is 0 Å². The first-order valence-electron chi connectivity index (χ1n) is 10.5. The first kappa shape index (κ1) is 21.8. The van der Waals surface area contributed by atoms with E-state index in [0.717, 1.165) is 36.9 Å². The molecule has 1 aliphatic rings. The maximum atomic E-state index is 12.7. The number of carbonyl (C=O) groups excluding carboxylic acids is 1. The van der Waals surface area contributed by atoms with Gasteiger partial charge in [-0.15, -0.1) is 10.2 Å². The van der Waals surface area contributed by atoms with Gasteiger partial charge >= 0.3 is 0 Å². The van der Waals surface area contributed by atoms with Crippen molar-refractivity contribution in [3.05, 3.63) is 41.7 Å². The third-order valence-electron chi connectivity index (χ3n) is 5.57. The predicted octanol–water partition coefficient (Wildman–Crippen LogP) is 3.69. The second kappa shape index (κ2) is 10.3. The molecule has 29 heavy (non-hydrogen) atoms. The van der Waals surface area contributed by atoms with Crippen LogP contribution in [0.1, 0.15) is 50.5 Å². The molecule has 1 aromatic carbocycles. The number of aromatic nitrogens is 3. The van der Waals surface area contributed by atoms with E-state index in [0.29, 0.717) is 18.2 Å². The van der Waals surface area contributed by atoms with Crippen LogP contribution in [0.4, 0.5) is 0 Å². The van der Waals surface area contributed by atoms with E-state index in [1.54, 1.807) is 0 Å². The van der Waals surface area contributed by atoms with Crippen molar-refractivity contribution < 1.29 is 4.79 Å². The van der Waals surface area contributed by atoms with E-state index in [9.17, 15) is 4.79 Å². The standard InChI is InChI=1S/C22H33N5OS/c1-5-19(25(3)4)21-23-24-22(27(21)15-18-11-7-6-8-12-18)29-16-20(28)26-13-9-10-17(2)14-26/h6-8,11-12,17,19H,5,9-10,13-16H2,1-4H3/t17-,19-/m0/s1. The highest BCUT2D eigenvalue weighted by atomic mass is 32.2. The lowest BCUT2D eigenvalue weighted by molar-refractivity contribution is -0.130. The maximum Gasteiger partial charge on any atom is 0.233 e. The molecule has 0 spiro atoms. The van der Waals surface area contributed by atoms with E-state index in [2.05, 4.69) is 71.9 Å². The normalized spacial score (nSPS) is 18.2. The highest BCUT2D eigenvalue weighted by molar-refractivity contribution is 7.99. The number of rotatable bonds is 8. The number of likely N-dealkylation sites (tertiary alicyclic amines) is 1. The maximum absolute atomic E-state index is 12.7. The van der Waals surface area contributed by atoms with Crippen molar-refractivity contribution >= 4 is 17.7 Å². The SMILES string of the molecule is CC[C@@H](c1nnc(SCC(=O)N2CCC[C@H](C)C2)n1Cc1ccccc1)N(C)C. The first-order chi connectivity index (χ1) is 14.0. The summed E-state index contributed by atoms with van der Waals surface area (Å²) >= 11 is 1.51. The molecule has 0 N–H and O–H groups in total. The highest BCUT2D eigenvalue weighted by Crippen LogP contribution is 2.27. The number of piperidine rings is 1. The van der Waals surface area contributed by atoms with Gasteiger partial charge in [-0.2, -0.15) is 0 Å². The van der Waals surface area contributed by atoms with Gasteiger partial charge < -0.3 is 9.47 Å². The Morgan fingerprint density at radius 3 is 2.69 bits per heavy atom. The van der Waals surface area contributed by atoms with E-state index in [1.807, 2.05) is 11.0 Å². The molecule has 7 heteroatoms. The molecule has 1 fully saturated rings. The molecule has 0 saturated carbocycles. The van der Waals surface area contributed by atoms with Gasteiger partial charge in [-0.05, 0) is 44.8 Å². The van der Waals surface area contributed by atoms with Crippen molar-refractivity contribution in [2.45, 2.75) is 50.9 Å². The molecule has 1 aromatic heterocycles. The molecule has 2 aromatic rings. The zero-order valence-electron chi connectivity index (χ0n) is 18.0. The summed E-state index contributed by atoms with van der Waals surface area (Å²) in [5, 5.41) is 9.83. The van der Waals surface area contributed by atoms with Gasteiger partial charge in [0.15, 0.2) is 11.0 Å². The minimum absolute atomic E-state index is 0.194. The Balaban J connectivity index is 1.78. The quantitative estimate of drug-likeness (QED) is 0.616. The Hall–Kier alpha value is -1.86. The Morgan fingerprint density at radius 1 is 1.28 bits per heavy atom. The van der Waals surface area contributed by atoms with Crippen LogP contribution in [-0.4, -0.2) is 63.4 Å². The molecule has 2 atom stereocenters. The molecule has 0 unspecified atom stereocenters. The zero-order chi connectivity index (χ0) is 20.8. The third kappa shape index (κ3) is 5.60. The van der Waals surface area contributed by atoms with Crippen LogP contribution in [0.15, 0.2) is 35.5 Å². The van der Waals surface area contributed by atoms with E-state index in [1.165, 1.54) is 23.7 Å². The predicted molar refractivity (Wildman–Crippen MR) is 118 cm³/mol. The fourth-order valence-corrected chi connectivity index (χ4v) is 4.83. The van der Waals surface area contributed by atoms with Crippen molar-refractivity contribution in [1.82, 2.24) is 24.6 Å². The van der Waals surface area contributed by atoms with Crippen LogP contribution in [0, 0.1) is 5.92 Å². The number of nitrogens with zero attached hydrogens (tertiary/aromatic N) is 5. The average molecular weight is 416 g/mol. The Labute approximate surface area is 178 Å². The summed E-state index contributed by atoms with van der Waals surface area (Å²) in [6.07, 6.45) is 3.27. The second-order valence-corrected chi connectivity index (χ2v) is 9.12. The summed E-state index contributed by atoms with van der Waals surface area (Å²) in [7, 11) is 4.15. The van der Waals surface area contributed by atoms with Gasteiger partial charge in [0, 0.05) is 13.1 Å². The molecule has 1 amide bonds. The fraction of sp³-hybridized carbons (Fsp3) is 0.591. The molecule has 158 valence electrons. The van der Waals surface area contributed by atoms with E-state index in [-0.39, 0.29) is 11.9 Å². The number of hydrogen-bond donors (Lipinski definition) is 0. The molecule has 2 heterocycles. The van der Waals surface area contributed by atoms with Crippen molar-refractivity contribution in [1.29, 1.82) is 0 Å². The molecule has 1 saturated heterocycles. The van der Waals surface area contributed by atoms with Gasteiger partial charge in [0.2, 0.25) is 5.91 Å². The van der Waals surface area contributed by atoms with Gasteiger partial charge in [-0.1, -0.05) is 55.9 Å². The van der Waals surface area contributed by atoms with Crippen LogP contribution in [0.25, 0.3) is 0 Å². The lowest BCUT2D eigenvalue weighted by atomic mass is 10.0. The topological polar surface area (TPSA) is 54.3 Å². The molecule has 0 radical (unpaired) electrons. The lowest BCUT2D eigenvalue weighted by Gasteiger charge is -2.30. The van der Waals surface area contributed by atoms with Gasteiger partial charge in [-0.25, -0.2) is 0 Å². The van der Waals surface area contributed by atoms with Gasteiger partial charge in [0.1, 0.15) is 0 Å². The molecular weight excluding hydrogens is 382 g/mol. The summed E-state index contributed by atoms with van der Waals surface area (Å²) in [5.41, 5.74) is 1.21. The average Bonchev–Trinajstić information content (AvgIpc) is 3.09. The highest BCUT2D eigenvalue weighted by Gasteiger charge is 2.24. The van der Waals surface area contributed by atoms with Crippen molar-refractivity contribution in [2.75, 3.05) is 32.9 Å². The molecule has 3 rings (SSSR count). The van der Waals surface area contributed by atoms with Crippen molar-refractivity contribution in [2.24, 2.45) is 5.92 Å². The largest absolute Gasteiger partial charge is 0.342 e. The van der Waals surface area contributed by atoms with E-state index in [4.69, 9.17) is 0 Å². The minimum atomic E-state index is 0.194.